The first-order valence-electron chi connectivity index (χ1n) is 9.17. The zero-order valence-electron chi connectivity index (χ0n) is 15.5. The second-order valence-corrected chi connectivity index (χ2v) is 6.52. The Labute approximate surface area is 163 Å². The van der Waals surface area contributed by atoms with Crippen molar-refractivity contribution in [2.45, 2.75) is 13.0 Å². The Hall–Kier alpha value is -3.54. The van der Waals surface area contributed by atoms with Gasteiger partial charge in [0.2, 0.25) is 0 Å². The van der Waals surface area contributed by atoms with Gasteiger partial charge in [-0.05, 0) is 36.8 Å². The molecule has 2 N–H and O–H groups in total. The summed E-state index contributed by atoms with van der Waals surface area (Å²) in [7, 11) is 0. The number of aromatic nitrogens is 1. The van der Waals surface area contributed by atoms with Crippen LogP contribution in [0, 0.1) is 0 Å². The van der Waals surface area contributed by atoms with Crippen molar-refractivity contribution in [1.82, 2.24) is 4.98 Å². The summed E-state index contributed by atoms with van der Waals surface area (Å²) in [5.41, 5.74) is 3.01. The van der Waals surface area contributed by atoms with Gasteiger partial charge in [0.15, 0.2) is 11.5 Å². The van der Waals surface area contributed by atoms with E-state index < -0.39 is 0 Å². The fourth-order valence-electron chi connectivity index (χ4n) is 3.00. The molecule has 6 heteroatoms. The van der Waals surface area contributed by atoms with E-state index in [1.54, 1.807) is 30.5 Å². The molecule has 1 atom stereocenters. The first-order valence-corrected chi connectivity index (χ1v) is 9.17. The summed E-state index contributed by atoms with van der Waals surface area (Å²) >= 11 is 0. The highest BCUT2D eigenvalue weighted by Gasteiger charge is 2.14. The molecule has 0 fully saturated rings. The van der Waals surface area contributed by atoms with Crippen LogP contribution in [0.5, 0.6) is 11.5 Å². The maximum absolute atomic E-state index is 12.5. The van der Waals surface area contributed by atoms with E-state index in [0.717, 1.165) is 5.69 Å². The number of nitrogens with zero attached hydrogens (tertiary/aromatic N) is 1. The smallest absolute Gasteiger partial charge is 0.274 e. The standard InChI is InChI=1S/C22H21N3O3/c1-15(16-5-3-2-4-6-16)24-18-7-9-19(23-14-18)22(26)25-17-8-10-20-21(13-17)28-12-11-27-20/h2-10,13-15,24H,11-12H2,1H3,(H,25,26). The number of nitrogens with one attached hydrogen (secondary N) is 2. The van der Waals surface area contributed by atoms with Crippen LogP contribution in [0.4, 0.5) is 11.4 Å². The number of ether oxygens (including phenoxy) is 2. The molecule has 1 aromatic heterocycles. The molecule has 0 radical (unpaired) electrons. The van der Waals surface area contributed by atoms with Crippen LogP contribution in [0.2, 0.25) is 0 Å². The minimum Gasteiger partial charge on any atom is -0.486 e. The van der Waals surface area contributed by atoms with Gasteiger partial charge in [-0.1, -0.05) is 30.3 Å². The molecule has 2 heterocycles. The molecule has 0 spiro atoms. The third kappa shape index (κ3) is 4.06. The molecule has 0 bridgehead atoms. The van der Waals surface area contributed by atoms with E-state index in [-0.39, 0.29) is 11.9 Å². The number of carbonyl (C=O) groups excluding carboxylic acids is 1. The quantitative estimate of drug-likeness (QED) is 0.696. The number of hydrogen-bond donors (Lipinski definition) is 2. The van der Waals surface area contributed by atoms with Crippen molar-refractivity contribution >= 4 is 17.3 Å². The van der Waals surface area contributed by atoms with E-state index in [0.29, 0.717) is 36.1 Å². The Morgan fingerprint density at radius 1 is 0.964 bits per heavy atom. The molecule has 1 aliphatic rings. The van der Waals surface area contributed by atoms with E-state index in [9.17, 15) is 4.79 Å². The topological polar surface area (TPSA) is 72.5 Å². The Bertz CT molecular complexity index is 959. The summed E-state index contributed by atoms with van der Waals surface area (Å²) in [5.74, 6) is 1.04. The van der Waals surface area contributed by atoms with Gasteiger partial charge >= 0.3 is 0 Å². The lowest BCUT2D eigenvalue weighted by Crippen LogP contribution is -2.17. The van der Waals surface area contributed by atoms with E-state index in [2.05, 4.69) is 34.7 Å². The predicted molar refractivity (Wildman–Crippen MR) is 108 cm³/mol. The Morgan fingerprint density at radius 3 is 2.46 bits per heavy atom. The molecule has 28 heavy (non-hydrogen) atoms. The molecule has 1 aliphatic heterocycles. The molecular weight excluding hydrogens is 354 g/mol. The maximum Gasteiger partial charge on any atom is 0.274 e. The lowest BCUT2D eigenvalue weighted by atomic mass is 10.1. The van der Waals surface area contributed by atoms with Crippen molar-refractivity contribution in [1.29, 1.82) is 0 Å². The van der Waals surface area contributed by atoms with Crippen molar-refractivity contribution in [2.75, 3.05) is 23.8 Å². The van der Waals surface area contributed by atoms with E-state index in [1.807, 2.05) is 24.3 Å². The minimum atomic E-state index is -0.278. The Kier molecular flexibility index (Phi) is 5.10. The summed E-state index contributed by atoms with van der Waals surface area (Å²) in [6.45, 7) is 3.12. The van der Waals surface area contributed by atoms with Crippen LogP contribution in [0.15, 0.2) is 66.9 Å². The molecule has 0 saturated carbocycles. The molecule has 142 valence electrons. The number of hydrogen-bond acceptors (Lipinski definition) is 5. The number of amides is 1. The molecular formula is C22H21N3O3. The van der Waals surface area contributed by atoms with Crippen LogP contribution in [0.3, 0.4) is 0 Å². The highest BCUT2D eigenvalue weighted by atomic mass is 16.6. The lowest BCUT2D eigenvalue weighted by Gasteiger charge is -2.19. The van der Waals surface area contributed by atoms with Gasteiger partial charge in [-0.2, -0.15) is 0 Å². The zero-order chi connectivity index (χ0) is 19.3. The Morgan fingerprint density at radius 2 is 1.71 bits per heavy atom. The highest BCUT2D eigenvalue weighted by molar-refractivity contribution is 6.03. The van der Waals surface area contributed by atoms with Gasteiger partial charge in [-0.3, -0.25) is 4.79 Å². The first kappa shape index (κ1) is 17.9. The average molecular weight is 375 g/mol. The molecule has 6 nitrogen and oxygen atoms in total. The van der Waals surface area contributed by atoms with Crippen LogP contribution in [-0.4, -0.2) is 24.1 Å². The van der Waals surface area contributed by atoms with Gasteiger partial charge in [0.1, 0.15) is 18.9 Å². The summed E-state index contributed by atoms with van der Waals surface area (Å²) in [4.78, 5) is 16.7. The fraction of sp³-hybridized carbons (Fsp3) is 0.182. The van der Waals surface area contributed by atoms with Crippen molar-refractivity contribution in [3.8, 4) is 11.5 Å². The summed E-state index contributed by atoms with van der Waals surface area (Å²) in [6, 6.07) is 19.2. The monoisotopic (exact) mass is 375 g/mol. The SMILES string of the molecule is CC(Nc1ccc(C(=O)Nc2ccc3c(c2)OCCO3)nc1)c1ccccc1. The average Bonchev–Trinajstić information content (AvgIpc) is 2.75. The molecule has 1 unspecified atom stereocenters. The summed E-state index contributed by atoms with van der Waals surface area (Å²) in [6.07, 6.45) is 1.66. The van der Waals surface area contributed by atoms with Gasteiger partial charge in [0, 0.05) is 17.8 Å². The number of carbonyl (C=O) groups is 1. The number of rotatable bonds is 5. The third-order valence-electron chi connectivity index (χ3n) is 4.48. The van der Waals surface area contributed by atoms with Crippen molar-refractivity contribution in [3.05, 3.63) is 78.1 Å². The molecule has 1 amide bonds. The number of fused-ring (bicyclic) bond motifs is 1. The van der Waals surface area contributed by atoms with Gasteiger partial charge in [0.25, 0.3) is 5.91 Å². The summed E-state index contributed by atoms with van der Waals surface area (Å²) in [5, 5.41) is 6.22. The first-order chi connectivity index (χ1) is 13.7. The molecule has 0 aliphatic carbocycles. The highest BCUT2D eigenvalue weighted by Crippen LogP contribution is 2.32. The van der Waals surface area contributed by atoms with Gasteiger partial charge < -0.3 is 20.1 Å². The Balaban J connectivity index is 1.40. The van der Waals surface area contributed by atoms with Crippen molar-refractivity contribution in [3.63, 3.8) is 0 Å². The van der Waals surface area contributed by atoms with Crippen LogP contribution in [0.25, 0.3) is 0 Å². The second-order valence-electron chi connectivity index (χ2n) is 6.52. The van der Waals surface area contributed by atoms with E-state index >= 15 is 0 Å². The van der Waals surface area contributed by atoms with E-state index in [4.69, 9.17) is 9.47 Å². The maximum atomic E-state index is 12.5. The number of benzene rings is 2. The van der Waals surface area contributed by atoms with Crippen LogP contribution < -0.4 is 20.1 Å². The molecule has 2 aromatic carbocycles. The van der Waals surface area contributed by atoms with E-state index in [1.165, 1.54) is 5.56 Å². The van der Waals surface area contributed by atoms with Gasteiger partial charge in [-0.15, -0.1) is 0 Å². The van der Waals surface area contributed by atoms with Crippen LogP contribution in [0.1, 0.15) is 29.0 Å². The summed E-state index contributed by atoms with van der Waals surface area (Å²) < 4.78 is 11.0. The molecule has 3 aromatic rings. The normalized spacial score (nSPS) is 13.5. The third-order valence-corrected chi connectivity index (χ3v) is 4.48. The van der Waals surface area contributed by atoms with Gasteiger partial charge in [-0.25, -0.2) is 4.98 Å². The number of pyridine rings is 1. The molecule has 0 saturated heterocycles. The van der Waals surface area contributed by atoms with Crippen molar-refractivity contribution < 1.29 is 14.3 Å². The largest absolute Gasteiger partial charge is 0.486 e. The predicted octanol–water partition coefficient (Wildman–Crippen LogP) is 4.28. The lowest BCUT2D eigenvalue weighted by molar-refractivity contribution is 0.102. The number of anilines is 2. The van der Waals surface area contributed by atoms with Gasteiger partial charge in [0.05, 0.1) is 11.9 Å². The molecule has 4 rings (SSSR count). The zero-order valence-corrected chi connectivity index (χ0v) is 15.5. The van der Waals surface area contributed by atoms with Crippen LogP contribution >= 0.6 is 0 Å². The minimum absolute atomic E-state index is 0.139. The van der Waals surface area contributed by atoms with Crippen molar-refractivity contribution in [2.24, 2.45) is 0 Å². The van der Waals surface area contributed by atoms with Crippen LogP contribution in [-0.2, 0) is 0 Å². The fourth-order valence-corrected chi connectivity index (χ4v) is 3.00. The second kappa shape index (κ2) is 8.00.